The molecule has 0 atom stereocenters. The van der Waals surface area contributed by atoms with E-state index in [0.717, 1.165) is 29.1 Å². The number of amides is 1. The van der Waals surface area contributed by atoms with E-state index in [4.69, 9.17) is 0 Å². The van der Waals surface area contributed by atoms with E-state index < -0.39 is 4.92 Å². The fourth-order valence-electron chi connectivity index (χ4n) is 2.93. The van der Waals surface area contributed by atoms with Crippen molar-refractivity contribution in [2.75, 3.05) is 6.54 Å². The van der Waals surface area contributed by atoms with E-state index in [-0.39, 0.29) is 11.6 Å². The second kappa shape index (κ2) is 9.26. The number of carbonyl (C=O) groups excluding carboxylic acids is 1. The molecular weight excluding hydrogens is 416 g/mol. The van der Waals surface area contributed by atoms with Crippen LogP contribution in [-0.2, 0) is 6.42 Å². The van der Waals surface area contributed by atoms with Crippen LogP contribution >= 0.6 is 11.3 Å². The molecule has 0 aliphatic rings. The van der Waals surface area contributed by atoms with Gasteiger partial charge in [0, 0.05) is 54.6 Å². The summed E-state index contributed by atoms with van der Waals surface area (Å²) in [7, 11) is 0. The molecule has 0 unspecified atom stereocenters. The number of nitrogens with one attached hydrogen (secondary N) is 1. The molecular formula is C21H18N6O3S. The molecule has 0 radical (unpaired) electrons. The van der Waals surface area contributed by atoms with E-state index in [2.05, 4.69) is 20.4 Å². The van der Waals surface area contributed by atoms with Crippen molar-refractivity contribution in [3.63, 3.8) is 0 Å². The number of aryl methyl sites for hydroxylation is 1. The van der Waals surface area contributed by atoms with Gasteiger partial charge in [-0.15, -0.1) is 11.3 Å². The van der Waals surface area contributed by atoms with Gasteiger partial charge < -0.3 is 5.32 Å². The van der Waals surface area contributed by atoms with Crippen LogP contribution < -0.4 is 5.32 Å². The summed E-state index contributed by atoms with van der Waals surface area (Å²) in [4.78, 5) is 31.3. The Morgan fingerprint density at radius 3 is 2.68 bits per heavy atom. The first-order valence-corrected chi connectivity index (χ1v) is 10.4. The number of thiazole rings is 1. The lowest BCUT2D eigenvalue weighted by molar-refractivity contribution is -0.384. The molecule has 4 aromatic rings. The van der Waals surface area contributed by atoms with Crippen LogP contribution in [-0.4, -0.2) is 37.1 Å². The Kier molecular flexibility index (Phi) is 6.08. The van der Waals surface area contributed by atoms with E-state index in [9.17, 15) is 14.9 Å². The number of non-ortho nitro benzene ring substituents is 1. The largest absolute Gasteiger partial charge is 0.352 e. The molecule has 0 spiro atoms. The van der Waals surface area contributed by atoms with Crippen molar-refractivity contribution in [3.05, 3.63) is 87.3 Å². The van der Waals surface area contributed by atoms with Gasteiger partial charge in [0.1, 0.15) is 0 Å². The van der Waals surface area contributed by atoms with Gasteiger partial charge in [-0.1, -0.05) is 0 Å². The molecule has 1 N–H and O–H groups in total. The van der Waals surface area contributed by atoms with Gasteiger partial charge in [-0.25, -0.2) is 9.67 Å². The van der Waals surface area contributed by atoms with Crippen LogP contribution in [0.2, 0.25) is 0 Å². The van der Waals surface area contributed by atoms with Gasteiger partial charge in [-0.2, -0.15) is 5.10 Å². The molecule has 0 bridgehead atoms. The molecule has 1 amide bonds. The Bertz CT molecular complexity index is 1190. The Hall–Kier alpha value is -3.92. The fraction of sp³-hybridized carbons (Fsp3) is 0.143. The minimum Gasteiger partial charge on any atom is -0.352 e. The van der Waals surface area contributed by atoms with Gasteiger partial charge in [0.15, 0.2) is 0 Å². The zero-order valence-electron chi connectivity index (χ0n) is 16.3. The fourth-order valence-corrected chi connectivity index (χ4v) is 3.78. The van der Waals surface area contributed by atoms with Crippen molar-refractivity contribution in [1.82, 2.24) is 25.1 Å². The molecule has 0 saturated heterocycles. The second-order valence-electron chi connectivity index (χ2n) is 6.67. The van der Waals surface area contributed by atoms with E-state index >= 15 is 0 Å². The van der Waals surface area contributed by atoms with Crippen molar-refractivity contribution in [1.29, 1.82) is 0 Å². The summed E-state index contributed by atoms with van der Waals surface area (Å²) in [5.41, 5.74) is 3.04. The standard InChI is InChI=1S/C21H18N6O3S/c28-21(16-12-24-26(13-16)17-3-5-18(6-4-17)27(29)30)23-9-1-2-20-25-19(14-31-20)15-7-10-22-11-8-15/h3-8,10-14H,1-2,9H2,(H,23,28). The minimum absolute atomic E-state index is 0.00185. The van der Waals surface area contributed by atoms with E-state index in [1.807, 2.05) is 17.5 Å². The number of hydrogen-bond acceptors (Lipinski definition) is 7. The van der Waals surface area contributed by atoms with Gasteiger partial charge >= 0.3 is 0 Å². The summed E-state index contributed by atoms with van der Waals surface area (Å²) < 4.78 is 1.51. The maximum atomic E-state index is 12.4. The number of hydrogen-bond donors (Lipinski definition) is 1. The lowest BCUT2D eigenvalue weighted by Gasteiger charge is -2.03. The molecule has 1 aromatic carbocycles. The topological polar surface area (TPSA) is 116 Å². The van der Waals surface area contributed by atoms with Crippen LogP contribution in [0.3, 0.4) is 0 Å². The molecule has 3 aromatic heterocycles. The molecule has 0 aliphatic heterocycles. The van der Waals surface area contributed by atoms with Crippen molar-refractivity contribution in [3.8, 4) is 16.9 Å². The Labute approximate surface area is 181 Å². The summed E-state index contributed by atoms with van der Waals surface area (Å²) >= 11 is 1.60. The number of rotatable bonds is 8. The van der Waals surface area contributed by atoms with Gasteiger partial charge in [-0.3, -0.25) is 19.9 Å². The average Bonchev–Trinajstić information content (AvgIpc) is 3.47. The monoisotopic (exact) mass is 434 g/mol. The van der Waals surface area contributed by atoms with Crippen LogP contribution in [0.5, 0.6) is 0 Å². The first-order valence-electron chi connectivity index (χ1n) is 9.52. The third kappa shape index (κ3) is 4.98. The molecule has 31 heavy (non-hydrogen) atoms. The van der Waals surface area contributed by atoms with E-state index in [1.54, 1.807) is 42.1 Å². The predicted molar refractivity (Wildman–Crippen MR) is 116 cm³/mol. The third-order valence-electron chi connectivity index (χ3n) is 4.55. The number of nitrogens with zero attached hydrogens (tertiary/aromatic N) is 5. The predicted octanol–water partition coefficient (Wildman–Crippen LogP) is 3.66. The maximum absolute atomic E-state index is 12.4. The highest BCUT2D eigenvalue weighted by Gasteiger charge is 2.11. The van der Waals surface area contributed by atoms with Gasteiger partial charge in [0.25, 0.3) is 11.6 Å². The highest BCUT2D eigenvalue weighted by atomic mass is 32.1. The van der Waals surface area contributed by atoms with Gasteiger partial charge in [-0.05, 0) is 30.7 Å². The van der Waals surface area contributed by atoms with Crippen molar-refractivity contribution >= 4 is 22.9 Å². The molecule has 4 rings (SSSR count). The average molecular weight is 434 g/mol. The summed E-state index contributed by atoms with van der Waals surface area (Å²) in [6.45, 7) is 0.520. The molecule has 10 heteroatoms. The third-order valence-corrected chi connectivity index (χ3v) is 5.46. The van der Waals surface area contributed by atoms with Crippen molar-refractivity contribution in [2.45, 2.75) is 12.8 Å². The number of nitro benzene ring substituents is 1. The van der Waals surface area contributed by atoms with Crippen LogP contribution in [0.15, 0.2) is 66.6 Å². The number of aromatic nitrogens is 4. The summed E-state index contributed by atoms with van der Waals surface area (Å²) in [6.07, 6.45) is 8.10. The molecule has 3 heterocycles. The SMILES string of the molecule is O=C(NCCCc1nc(-c2ccncc2)cs1)c1cnn(-c2ccc([N+](=O)[O-])cc2)c1. The summed E-state index contributed by atoms with van der Waals surface area (Å²) in [5, 5.41) is 20.8. The lowest BCUT2D eigenvalue weighted by atomic mass is 10.2. The van der Waals surface area contributed by atoms with Crippen LogP contribution in [0, 0.1) is 10.1 Å². The number of nitro groups is 1. The minimum atomic E-state index is -0.461. The first-order chi connectivity index (χ1) is 15.1. The quantitative estimate of drug-likeness (QED) is 0.257. The van der Waals surface area contributed by atoms with Gasteiger partial charge in [0.05, 0.1) is 33.1 Å². The number of pyridine rings is 1. The Morgan fingerprint density at radius 2 is 1.94 bits per heavy atom. The highest BCUT2D eigenvalue weighted by Crippen LogP contribution is 2.21. The normalized spacial score (nSPS) is 10.7. The van der Waals surface area contributed by atoms with Gasteiger partial charge in [0.2, 0.25) is 0 Å². The van der Waals surface area contributed by atoms with E-state index in [0.29, 0.717) is 17.8 Å². The number of benzene rings is 1. The summed E-state index contributed by atoms with van der Waals surface area (Å²) in [6, 6.07) is 9.82. The second-order valence-corrected chi connectivity index (χ2v) is 7.61. The first kappa shape index (κ1) is 20.4. The zero-order valence-corrected chi connectivity index (χ0v) is 17.2. The van der Waals surface area contributed by atoms with Crippen molar-refractivity contribution in [2.24, 2.45) is 0 Å². The van der Waals surface area contributed by atoms with Crippen LogP contribution in [0.4, 0.5) is 5.69 Å². The highest BCUT2D eigenvalue weighted by molar-refractivity contribution is 7.09. The number of carbonyl (C=O) groups is 1. The smallest absolute Gasteiger partial charge is 0.269 e. The molecule has 156 valence electrons. The summed E-state index contributed by atoms with van der Waals surface area (Å²) in [5.74, 6) is -0.218. The maximum Gasteiger partial charge on any atom is 0.269 e. The molecule has 9 nitrogen and oxygen atoms in total. The lowest BCUT2D eigenvalue weighted by Crippen LogP contribution is -2.24. The Balaban J connectivity index is 1.27. The zero-order chi connectivity index (χ0) is 21.6. The van der Waals surface area contributed by atoms with E-state index in [1.165, 1.54) is 23.0 Å². The molecule has 0 aliphatic carbocycles. The van der Waals surface area contributed by atoms with Crippen LogP contribution in [0.1, 0.15) is 21.8 Å². The van der Waals surface area contributed by atoms with Crippen LogP contribution in [0.25, 0.3) is 16.9 Å². The molecule has 0 fully saturated rings. The Morgan fingerprint density at radius 1 is 1.16 bits per heavy atom. The molecule has 0 saturated carbocycles. The van der Waals surface area contributed by atoms with Crippen molar-refractivity contribution < 1.29 is 9.72 Å².